The second kappa shape index (κ2) is 6.91. The molecule has 1 aromatic rings. The first-order valence-corrected chi connectivity index (χ1v) is 8.81. The van der Waals surface area contributed by atoms with Gasteiger partial charge in [-0.3, -0.25) is 4.79 Å². The van der Waals surface area contributed by atoms with Crippen LogP contribution in [0.2, 0.25) is 0 Å². The Hall–Kier alpha value is -1.55. The molecule has 4 nitrogen and oxygen atoms in total. The number of carbonyl (C=O) groups is 1. The number of nitrogens with one attached hydrogen (secondary N) is 1. The predicted octanol–water partition coefficient (Wildman–Crippen LogP) is 2.72. The molecule has 2 fully saturated rings. The lowest BCUT2D eigenvalue weighted by Crippen LogP contribution is -2.52. The smallest absolute Gasteiger partial charge is 0.233 e. The van der Waals surface area contributed by atoms with Crippen LogP contribution in [0.1, 0.15) is 44.1 Å². The topological polar surface area (TPSA) is 41.6 Å². The van der Waals surface area contributed by atoms with Crippen molar-refractivity contribution < 1.29 is 9.53 Å². The minimum Gasteiger partial charge on any atom is -0.497 e. The summed E-state index contributed by atoms with van der Waals surface area (Å²) >= 11 is 0. The van der Waals surface area contributed by atoms with E-state index in [9.17, 15) is 4.79 Å². The van der Waals surface area contributed by atoms with Crippen LogP contribution in [0.3, 0.4) is 0 Å². The average Bonchev–Trinajstić information content (AvgIpc) is 3.12. The number of benzene rings is 1. The molecule has 1 saturated carbocycles. The van der Waals surface area contributed by atoms with Gasteiger partial charge in [-0.15, -0.1) is 0 Å². The Morgan fingerprint density at radius 3 is 2.52 bits per heavy atom. The third-order valence-corrected chi connectivity index (χ3v) is 5.63. The summed E-state index contributed by atoms with van der Waals surface area (Å²) in [5.74, 6) is 1.18. The highest BCUT2D eigenvalue weighted by Gasteiger charge is 2.45. The highest BCUT2D eigenvalue weighted by molar-refractivity contribution is 5.89. The van der Waals surface area contributed by atoms with Crippen LogP contribution in [-0.4, -0.2) is 44.1 Å². The van der Waals surface area contributed by atoms with Crippen LogP contribution in [0.5, 0.6) is 5.75 Å². The molecule has 3 rings (SSSR count). The molecular formula is C19H28N2O2. The van der Waals surface area contributed by atoms with Crippen molar-refractivity contribution in [1.82, 2.24) is 10.2 Å². The zero-order valence-electron chi connectivity index (χ0n) is 14.3. The van der Waals surface area contributed by atoms with Gasteiger partial charge in [0.2, 0.25) is 5.91 Å². The molecule has 0 radical (unpaired) electrons. The van der Waals surface area contributed by atoms with E-state index in [1.54, 1.807) is 7.11 Å². The molecule has 0 aromatic heterocycles. The van der Waals surface area contributed by atoms with Gasteiger partial charge in [0.1, 0.15) is 5.75 Å². The second-order valence-corrected chi connectivity index (χ2v) is 6.90. The Bertz CT molecular complexity index is 535. The fraction of sp³-hybridized carbons (Fsp3) is 0.632. The maximum atomic E-state index is 13.4. The maximum absolute atomic E-state index is 13.4. The number of ether oxygens (including phenoxy) is 1. The van der Waals surface area contributed by atoms with Gasteiger partial charge in [-0.25, -0.2) is 0 Å². The number of likely N-dealkylation sites (N-methyl/N-ethyl adjacent to an activating group) is 1. The molecule has 126 valence electrons. The first kappa shape index (κ1) is 16.3. The molecule has 1 saturated heterocycles. The van der Waals surface area contributed by atoms with E-state index in [0.717, 1.165) is 62.9 Å². The molecule has 1 aliphatic carbocycles. The van der Waals surface area contributed by atoms with Crippen LogP contribution in [0.25, 0.3) is 0 Å². The van der Waals surface area contributed by atoms with Gasteiger partial charge >= 0.3 is 0 Å². The van der Waals surface area contributed by atoms with Crippen molar-refractivity contribution in [1.29, 1.82) is 0 Å². The number of amides is 1. The van der Waals surface area contributed by atoms with Gasteiger partial charge in [-0.1, -0.05) is 25.0 Å². The van der Waals surface area contributed by atoms with E-state index in [1.165, 1.54) is 0 Å². The first-order chi connectivity index (χ1) is 11.2. The minimum absolute atomic E-state index is 0.318. The van der Waals surface area contributed by atoms with Crippen LogP contribution < -0.4 is 10.1 Å². The van der Waals surface area contributed by atoms with E-state index in [4.69, 9.17) is 4.74 Å². The molecule has 1 aliphatic heterocycles. The summed E-state index contributed by atoms with van der Waals surface area (Å²) in [6.07, 6.45) is 6.48. The Morgan fingerprint density at radius 1 is 1.22 bits per heavy atom. The quantitative estimate of drug-likeness (QED) is 0.928. The third-order valence-electron chi connectivity index (χ3n) is 5.63. The Balaban J connectivity index is 1.86. The molecule has 23 heavy (non-hydrogen) atoms. The van der Waals surface area contributed by atoms with Gasteiger partial charge < -0.3 is 15.0 Å². The Labute approximate surface area is 139 Å². The lowest BCUT2D eigenvalue weighted by Gasteiger charge is -2.39. The number of rotatable bonds is 4. The Morgan fingerprint density at radius 2 is 1.91 bits per heavy atom. The van der Waals surface area contributed by atoms with Crippen molar-refractivity contribution in [2.75, 3.05) is 27.2 Å². The summed E-state index contributed by atoms with van der Waals surface area (Å²) in [5.41, 5.74) is 0.842. The number of nitrogens with zero attached hydrogens (tertiary/aromatic N) is 1. The average molecular weight is 316 g/mol. The van der Waals surface area contributed by atoms with Crippen molar-refractivity contribution >= 4 is 5.91 Å². The van der Waals surface area contributed by atoms with E-state index < -0.39 is 0 Å². The molecule has 1 N–H and O–H groups in total. The van der Waals surface area contributed by atoms with Crippen molar-refractivity contribution in [3.05, 3.63) is 29.8 Å². The summed E-state index contributed by atoms with van der Waals surface area (Å²) in [4.78, 5) is 15.5. The molecule has 1 aromatic carbocycles. The lowest BCUT2D eigenvalue weighted by atomic mass is 9.77. The van der Waals surface area contributed by atoms with Crippen LogP contribution in [0.15, 0.2) is 24.3 Å². The summed E-state index contributed by atoms with van der Waals surface area (Å²) < 4.78 is 5.27. The highest BCUT2D eigenvalue weighted by atomic mass is 16.5. The number of likely N-dealkylation sites (tertiary alicyclic amines) is 1. The van der Waals surface area contributed by atoms with Crippen LogP contribution >= 0.6 is 0 Å². The molecule has 1 heterocycles. The minimum atomic E-state index is -0.318. The van der Waals surface area contributed by atoms with Gasteiger partial charge in [0.05, 0.1) is 12.5 Å². The van der Waals surface area contributed by atoms with Crippen molar-refractivity contribution in [2.24, 2.45) is 0 Å². The molecule has 1 amide bonds. The third kappa shape index (κ3) is 3.09. The largest absolute Gasteiger partial charge is 0.497 e. The SMILES string of the molecule is CNC1CCCN(C(=O)C2(c3ccc(OC)cc3)CCCC2)C1. The molecule has 0 bridgehead atoms. The number of hydrogen-bond acceptors (Lipinski definition) is 3. The molecule has 1 unspecified atom stereocenters. The summed E-state index contributed by atoms with van der Waals surface area (Å²) in [7, 11) is 3.67. The zero-order valence-corrected chi connectivity index (χ0v) is 14.3. The number of methoxy groups -OCH3 is 1. The summed E-state index contributed by atoms with van der Waals surface area (Å²) in [5, 5.41) is 3.34. The molecule has 2 aliphatic rings. The van der Waals surface area contributed by atoms with Gasteiger partial charge in [0.25, 0.3) is 0 Å². The number of piperidine rings is 1. The standard InChI is InChI=1S/C19H28N2O2/c1-20-16-6-5-13-21(14-16)18(22)19(11-3-4-12-19)15-7-9-17(23-2)10-8-15/h7-10,16,20H,3-6,11-14H2,1-2H3. The van der Waals surface area contributed by atoms with Crippen molar-refractivity contribution in [2.45, 2.75) is 50.0 Å². The predicted molar refractivity (Wildman–Crippen MR) is 91.8 cm³/mol. The maximum Gasteiger partial charge on any atom is 0.233 e. The first-order valence-electron chi connectivity index (χ1n) is 8.81. The van der Waals surface area contributed by atoms with Gasteiger partial charge in [-0.2, -0.15) is 0 Å². The fourth-order valence-corrected chi connectivity index (χ4v) is 4.21. The van der Waals surface area contributed by atoms with E-state index in [-0.39, 0.29) is 5.41 Å². The number of hydrogen-bond donors (Lipinski definition) is 1. The lowest BCUT2D eigenvalue weighted by molar-refractivity contribution is -0.138. The van der Waals surface area contributed by atoms with Crippen LogP contribution in [0.4, 0.5) is 0 Å². The van der Waals surface area contributed by atoms with Gasteiger partial charge in [0, 0.05) is 19.1 Å². The molecule has 0 spiro atoms. The fourth-order valence-electron chi connectivity index (χ4n) is 4.21. The zero-order chi connectivity index (χ0) is 16.3. The monoisotopic (exact) mass is 316 g/mol. The number of carbonyl (C=O) groups excluding carboxylic acids is 1. The van der Waals surface area contributed by atoms with Crippen LogP contribution in [-0.2, 0) is 10.2 Å². The summed E-state index contributed by atoms with van der Waals surface area (Å²) in [6, 6.07) is 8.57. The Kier molecular flexibility index (Phi) is 4.90. The normalized spacial score (nSPS) is 23.7. The van der Waals surface area contributed by atoms with Gasteiger partial charge in [-0.05, 0) is 50.4 Å². The second-order valence-electron chi connectivity index (χ2n) is 6.90. The van der Waals surface area contributed by atoms with E-state index in [2.05, 4.69) is 22.3 Å². The summed E-state index contributed by atoms with van der Waals surface area (Å²) in [6.45, 7) is 1.74. The van der Waals surface area contributed by atoms with E-state index in [1.807, 2.05) is 19.2 Å². The molecule has 1 atom stereocenters. The molecular weight excluding hydrogens is 288 g/mol. The van der Waals surface area contributed by atoms with Crippen LogP contribution in [0, 0.1) is 0 Å². The van der Waals surface area contributed by atoms with Crippen molar-refractivity contribution in [3.8, 4) is 5.75 Å². The van der Waals surface area contributed by atoms with E-state index >= 15 is 0 Å². The van der Waals surface area contributed by atoms with Gasteiger partial charge in [0.15, 0.2) is 0 Å². The van der Waals surface area contributed by atoms with Crippen molar-refractivity contribution in [3.63, 3.8) is 0 Å². The van der Waals surface area contributed by atoms with E-state index in [0.29, 0.717) is 11.9 Å². The highest BCUT2D eigenvalue weighted by Crippen LogP contribution is 2.43. The molecule has 4 heteroatoms.